The van der Waals surface area contributed by atoms with Crippen molar-refractivity contribution >= 4 is 15.5 Å². The van der Waals surface area contributed by atoms with Gasteiger partial charge in [-0.25, -0.2) is 4.39 Å². The molecule has 1 aromatic carbocycles. The molecule has 0 heterocycles. The van der Waals surface area contributed by atoms with Crippen LogP contribution in [0.25, 0.3) is 0 Å². The van der Waals surface area contributed by atoms with Crippen LogP contribution >= 0.6 is 9.24 Å². The minimum Gasteiger partial charge on any atom is -0.303 e. The highest BCUT2D eigenvalue weighted by Gasteiger charge is 2.28. The Morgan fingerprint density at radius 1 is 1.50 bits per heavy atom. The molecule has 1 rings (SSSR count). The number of aldehydes is 1. The zero-order valence-electron chi connectivity index (χ0n) is 7.74. The monoisotopic (exact) mass is 210 g/mol. The zero-order chi connectivity index (χ0) is 10.6. The number of carbonyl (C=O) groups is 1. The summed E-state index contributed by atoms with van der Waals surface area (Å²) < 4.78 is 14.1. The van der Waals surface area contributed by atoms with Crippen molar-refractivity contribution < 1.29 is 9.18 Å². The molecule has 0 spiro atoms. The lowest BCUT2D eigenvalue weighted by Crippen LogP contribution is -2.14. The normalized spacial score (nSPS) is 14.4. The topological polar surface area (TPSA) is 17.1 Å². The van der Waals surface area contributed by atoms with Crippen molar-refractivity contribution in [3.63, 3.8) is 0 Å². The van der Waals surface area contributed by atoms with Crippen LogP contribution in [0.1, 0.15) is 12.0 Å². The molecule has 0 bridgehead atoms. The van der Waals surface area contributed by atoms with E-state index >= 15 is 0 Å². The molecule has 0 N–H and O–H groups in total. The molecule has 0 aliphatic heterocycles. The van der Waals surface area contributed by atoms with Crippen LogP contribution in [0.3, 0.4) is 0 Å². The minimum atomic E-state index is -1.71. The number of benzene rings is 1. The lowest BCUT2D eigenvalue weighted by molar-refractivity contribution is -0.107. The summed E-state index contributed by atoms with van der Waals surface area (Å²) in [5.41, 5.74) is 0.751. The lowest BCUT2D eigenvalue weighted by atomic mass is 10.0. The van der Waals surface area contributed by atoms with E-state index in [1.165, 1.54) is 0 Å². The van der Waals surface area contributed by atoms with Gasteiger partial charge in [0.1, 0.15) is 6.29 Å². The summed E-state index contributed by atoms with van der Waals surface area (Å²) >= 11 is 0. The summed E-state index contributed by atoms with van der Waals surface area (Å²) in [5.74, 6) is 0. The number of halogens is 1. The number of hydrogen-bond acceptors (Lipinski definition) is 1. The van der Waals surface area contributed by atoms with E-state index in [4.69, 9.17) is 0 Å². The van der Waals surface area contributed by atoms with E-state index in [0.29, 0.717) is 11.8 Å². The second kappa shape index (κ2) is 4.47. The molecule has 0 aromatic heterocycles. The molecule has 0 saturated heterocycles. The van der Waals surface area contributed by atoms with Gasteiger partial charge >= 0.3 is 0 Å². The van der Waals surface area contributed by atoms with E-state index in [-0.39, 0.29) is 12.0 Å². The van der Waals surface area contributed by atoms with E-state index in [1.54, 1.807) is 24.3 Å². The van der Waals surface area contributed by atoms with Crippen molar-refractivity contribution in [1.29, 1.82) is 0 Å². The molecule has 74 valence electrons. The molecule has 0 aliphatic carbocycles. The third-order valence-corrected chi connectivity index (χ3v) is 2.78. The third-order valence-electron chi connectivity index (χ3n) is 2.04. The molecule has 2 unspecified atom stereocenters. The van der Waals surface area contributed by atoms with E-state index in [9.17, 15) is 9.18 Å². The largest absolute Gasteiger partial charge is 0.303 e. The van der Waals surface area contributed by atoms with Gasteiger partial charge in [0.05, 0.1) is 0 Å². The van der Waals surface area contributed by atoms with Gasteiger partial charge in [0, 0.05) is 6.42 Å². The van der Waals surface area contributed by atoms with Crippen molar-refractivity contribution in [3.05, 3.63) is 48.0 Å². The molecule has 1 aromatic rings. The Morgan fingerprint density at radius 2 is 2.07 bits per heavy atom. The maximum absolute atomic E-state index is 14.1. The highest BCUT2D eigenvalue weighted by molar-refractivity contribution is 7.18. The molecular weight excluding hydrogens is 198 g/mol. The quantitative estimate of drug-likeness (QED) is 0.424. The number of carbonyl (C=O) groups excluding carboxylic acids is 1. The van der Waals surface area contributed by atoms with E-state index in [0.717, 1.165) is 0 Å². The minimum absolute atomic E-state index is 0.0366. The summed E-state index contributed by atoms with van der Waals surface area (Å²) in [6.45, 7) is 3.57. The summed E-state index contributed by atoms with van der Waals surface area (Å²) in [6, 6.07) is 8.66. The van der Waals surface area contributed by atoms with Gasteiger partial charge in [0.25, 0.3) is 0 Å². The summed E-state index contributed by atoms with van der Waals surface area (Å²) in [6.07, 6.45) is 0.693. The highest BCUT2D eigenvalue weighted by atomic mass is 31.0. The molecule has 0 aliphatic rings. The average molecular weight is 210 g/mol. The predicted molar refractivity (Wildman–Crippen MR) is 58.8 cm³/mol. The highest BCUT2D eigenvalue weighted by Crippen LogP contribution is 2.40. The Bertz CT molecular complexity index is 332. The van der Waals surface area contributed by atoms with Crippen molar-refractivity contribution in [2.24, 2.45) is 0 Å². The molecule has 14 heavy (non-hydrogen) atoms. The van der Waals surface area contributed by atoms with Crippen molar-refractivity contribution in [3.8, 4) is 0 Å². The van der Waals surface area contributed by atoms with Gasteiger partial charge < -0.3 is 4.79 Å². The number of alkyl halides is 1. The summed E-state index contributed by atoms with van der Waals surface area (Å²) in [7, 11) is 2.09. The van der Waals surface area contributed by atoms with Gasteiger partial charge in [-0.15, -0.1) is 0 Å². The first-order valence-electron chi connectivity index (χ1n) is 4.24. The molecule has 2 atom stereocenters. The number of hydrogen-bond donors (Lipinski definition) is 0. The van der Waals surface area contributed by atoms with Gasteiger partial charge in [-0.1, -0.05) is 46.2 Å². The van der Waals surface area contributed by atoms with Crippen molar-refractivity contribution in [1.82, 2.24) is 0 Å². The van der Waals surface area contributed by atoms with E-state index < -0.39 is 5.41 Å². The van der Waals surface area contributed by atoms with Gasteiger partial charge in [0.2, 0.25) is 0 Å². The Kier molecular flexibility index (Phi) is 3.54. The lowest BCUT2D eigenvalue weighted by Gasteiger charge is -2.22. The van der Waals surface area contributed by atoms with Crippen molar-refractivity contribution in [2.45, 2.75) is 11.8 Å². The van der Waals surface area contributed by atoms with Crippen LogP contribution in [0.2, 0.25) is 0 Å². The molecule has 0 fully saturated rings. The van der Waals surface area contributed by atoms with Gasteiger partial charge in [-0.05, 0) is 11.1 Å². The predicted octanol–water partition coefficient (Wildman–Crippen LogP) is 2.83. The Balaban J connectivity index is 2.95. The van der Waals surface area contributed by atoms with Crippen LogP contribution in [0.5, 0.6) is 0 Å². The summed E-state index contributed by atoms with van der Waals surface area (Å²) in [4.78, 5) is 10.3. The molecule has 3 heteroatoms. The van der Waals surface area contributed by atoms with E-state index in [2.05, 4.69) is 15.8 Å². The first-order valence-corrected chi connectivity index (χ1v) is 4.82. The molecule has 1 nitrogen and oxygen atoms in total. The number of allylic oxidation sites excluding steroid dienone is 1. The van der Waals surface area contributed by atoms with Gasteiger partial charge in [-0.3, -0.25) is 0 Å². The molecule has 0 amide bonds. The fourth-order valence-electron chi connectivity index (χ4n) is 1.13. The second-order valence-electron chi connectivity index (χ2n) is 3.05. The Hall–Kier alpha value is -1.01. The van der Waals surface area contributed by atoms with Crippen LogP contribution < -0.4 is 0 Å². The van der Waals surface area contributed by atoms with Crippen LogP contribution in [0.4, 0.5) is 4.39 Å². The van der Waals surface area contributed by atoms with Crippen molar-refractivity contribution in [2.75, 3.05) is 0 Å². The maximum atomic E-state index is 14.1. The average Bonchev–Trinajstić information content (AvgIpc) is 2.19. The second-order valence-corrected chi connectivity index (χ2v) is 3.85. The van der Waals surface area contributed by atoms with Gasteiger partial charge in [-0.2, -0.15) is 0 Å². The SMILES string of the molecule is C=C(CC=O)C(F)(P)c1ccccc1. The van der Waals surface area contributed by atoms with Crippen LogP contribution in [-0.2, 0) is 10.2 Å². The molecule has 0 saturated carbocycles. The Labute approximate surface area is 85.2 Å². The zero-order valence-corrected chi connectivity index (χ0v) is 8.90. The maximum Gasteiger partial charge on any atom is 0.169 e. The molecular formula is C11H12FOP. The standard InChI is InChI=1S/C11H12FOP/c1-9(7-8-13)11(12,14)10-5-3-2-4-6-10/h2-6,8H,1,7,14H2. The fraction of sp³-hybridized carbons (Fsp3) is 0.182. The number of rotatable bonds is 4. The van der Waals surface area contributed by atoms with Crippen LogP contribution in [0, 0.1) is 0 Å². The van der Waals surface area contributed by atoms with Gasteiger partial charge in [0.15, 0.2) is 5.41 Å². The fourth-order valence-corrected chi connectivity index (χ4v) is 1.44. The molecule has 0 radical (unpaired) electrons. The van der Waals surface area contributed by atoms with Crippen LogP contribution in [0.15, 0.2) is 42.5 Å². The Morgan fingerprint density at radius 3 is 2.57 bits per heavy atom. The first kappa shape index (κ1) is 11.1. The van der Waals surface area contributed by atoms with E-state index in [1.807, 2.05) is 6.07 Å². The third kappa shape index (κ3) is 2.27. The summed E-state index contributed by atoms with van der Waals surface area (Å²) in [5, 5.41) is -1.71. The smallest absolute Gasteiger partial charge is 0.169 e. The first-order chi connectivity index (χ1) is 6.59. The van der Waals surface area contributed by atoms with Crippen LogP contribution in [-0.4, -0.2) is 6.29 Å².